The minimum Gasteiger partial charge on any atom is -0.481 e. The highest BCUT2D eigenvalue weighted by Crippen LogP contribution is 2.10. The molecule has 1 aromatic rings. The van der Waals surface area contributed by atoms with Gasteiger partial charge in [0, 0.05) is 12.3 Å². The molecular formula is C10H14N2O4. The Morgan fingerprint density at radius 2 is 2.44 bits per heavy atom. The number of aromatic nitrogens is 1. The fraction of sp³-hybridized carbons (Fsp3) is 0.400. The van der Waals surface area contributed by atoms with E-state index in [-0.39, 0.29) is 6.61 Å². The van der Waals surface area contributed by atoms with Crippen molar-refractivity contribution >= 4 is 6.09 Å². The highest BCUT2D eigenvalue weighted by molar-refractivity contribution is 5.64. The molecule has 3 N–H and O–H groups in total. The molecule has 0 aliphatic heterocycles. The Kier molecular flexibility index (Phi) is 4.53. The number of aliphatic hydroxyl groups excluding tert-OH is 1. The Balaban J connectivity index is 2.65. The fourth-order valence-electron chi connectivity index (χ4n) is 1.31. The lowest BCUT2D eigenvalue weighted by atomic mass is 10.1. The molecule has 0 fully saturated rings. The van der Waals surface area contributed by atoms with Crippen LogP contribution in [0.5, 0.6) is 5.88 Å². The van der Waals surface area contributed by atoms with Gasteiger partial charge >= 0.3 is 6.09 Å². The van der Waals surface area contributed by atoms with Crippen LogP contribution in [0.2, 0.25) is 0 Å². The first-order valence-corrected chi connectivity index (χ1v) is 4.75. The van der Waals surface area contributed by atoms with Gasteiger partial charge in [-0.05, 0) is 18.1 Å². The molecule has 0 radical (unpaired) electrons. The molecule has 1 aromatic heterocycles. The molecule has 16 heavy (non-hydrogen) atoms. The number of methoxy groups -OCH3 is 1. The number of hydrogen-bond donors (Lipinski definition) is 3. The van der Waals surface area contributed by atoms with Gasteiger partial charge in [0.2, 0.25) is 5.88 Å². The zero-order valence-corrected chi connectivity index (χ0v) is 8.88. The second kappa shape index (κ2) is 5.92. The highest BCUT2D eigenvalue weighted by Gasteiger charge is 2.11. The minimum atomic E-state index is -1.15. The molecule has 0 spiro atoms. The normalized spacial score (nSPS) is 11.9. The van der Waals surface area contributed by atoms with Gasteiger partial charge in [0.05, 0.1) is 19.8 Å². The second-order valence-corrected chi connectivity index (χ2v) is 3.24. The molecule has 0 unspecified atom stereocenters. The van der Waals surface area contributed by atoms with Crippen molar-refractivity contribution in [3.63, 3.8) is 0 Å². The number of pyridine rings is 1. The Bertz CT molecular complexity index is 356. The van der Waals surface area contributed by atoms with Crippen LogP contribution in [-0.2, 0) is 6.42 Å². The van der Waals surface area contributed by atoms with Gasteiger partial charge in [0.1, 0.15) is 0 Å². The van der Waals surface area contributed by atoms with Crippen LogP contribution in [0.1, 0.15) is 5.56 Å². The van der Waals surface area contributed by atoms with E-state index in [2.05, 4.69) is 10.3 Å². The summed E-state index contributed by atoms with van der Waals surface area (Å²) < 4.78 is 4.94. The predicted molar refractivity (Wildman–Crippen MR) is 56.5 cm³/mol. The molecule has 1 rings (SSSR count). The van der Waals surface area contributed by atoms with Crippen LogP contribution >= 0.6 is 0 Å². The summed E-state index contributed by atoms with van der Waals surface area (Å²) in [6, 6.07) is 2.92. The van der Waals surface area contributed by atoms with E-state index in [1.165, 1.54) is 7.11 Å². The van der Waals surface area contributed by atoms with Crippen LogP contribution in [0.3, 0.4) is 0 Å². The van der Waals surface area contributed by atoms with Crippen LogP contribution in [0.25, 0.3) is 0 Å². The van der Waals surface area contributed by atoms with Gasteiger partial charge in [0.25, 0.3) is 0 Å². The molecule has 1 heterocycles. The van der Waals surface area contributed by atoms with Crippen molar-refractivity contribution in [1.82, 2.24) is 10.3 Å². The van der Waals surface area contributed by atoms with Gasteiger partial charge in [-0.1, -0.05) is 0 Å². The molecule has 1 atom stereocenters. The predicted octanol–water partition coefficient (Wildman–Crippen LogP) is 0.261. The second-order valence-electron chi connectivity index (χ2n) is 3.24. The smallest absolute Gasteiger partial charge is 0.404 e. The van der Waals surface area contributed by atoms with Gasteiger partial charge in [-0.15, -0.1) is 0 Å². The Morgan fingerprint density at radius 1 is 1.69 bits per heavy atom. The lowest BCUT2D eigenvalue weighted by Gasteiger charge is -2.14. The molecule has 0 aliphatic rings. The summed E-state index contributed by atoms with van der Waals surface area (Å²) in [6.07, 6.45) is 0.811. The maximum atomic E-state index is 10.4. The van der Waals surface area contributed by atoms with Gasteiger partial charge in [-0.2, -0.15) is 0 Å². The van der Waals surface area contributed by atoms with Crippen molar-refractivity contribution in [3.05, 3.63) is 23.9 Å². The standard InChI is InChI=1S/C10H14N2O4/c1-16-9-5-7(2-3-11-9)4-8(6-13)12-10(14)15/h2-3,5,8,12-13H,4,6H2,1H3,(H,14,15)/t8-/m0/s1. The third-order valence-corrected chi connectivity index (χ3v) is 2.04. The van der Waals surface area contributed by atoms with Crippen LogP contribution in [0.15, 0.2) is 18.3 Å². The third-order valence-electron chi connectivity index (χ3n) is 2.04. The molecule has 0 saturated heterocycles. The zero-order chi connectivity index (χ0) is 12.0. The van der Waals surface area contributed by atoms with Crippen LogP contribution in [-0.4, -0.2) is 41.0 Å². The van der Waals surface area contributed by atoms with E-state index in [9.17, 15) is 4.79 Å². The third kappa shape index (κ3) is 3.74. The number of carbonyl (C=O) groups is 1. The van der Waals surface area contributed by atoms with E-state index in [1.54, 1.807) is 18.3 Å². The van der Waals surface area contributed by atoms with Crippen molar-refractivity contribution in [2.45, 2.75) is 12.5 Å². The van der Waals surface area contributed by atoms with Gasteiger partial charge < -0.3 is 20.3 Å². The number of nitrogens with zero attached hydrogens (tertiary/aromatic N) is 1. The van der Waals surface area contributed by atoms with Crippen molar-refractivity contribution < 1.29 is 19.7 Å². The van der Waals surface area contributed by atoms with Gasteiger partial charge in [-0.25, -0.2) is 9.78 Å². The molecule has 0 aliphatic carbocycles. The van der Waals surface area contributed by atoms with E-state index in [0.29, 0.717) is 12.3 Å². The summed E-state index contributed by atoms with van der Waals surface area (Å²) in [5.41, 5.74) is 0.847. The van der Waals surface area contributed by atoms with E-state index in [0.717, 1.165) is 5.56 Å². The number of hydrogen-bond acceptors (Lipinski definition) is 4. The average molecular weight is 226 g/mol. The first-order chi connectivity index (χ1) is 7.65. The first kappa shape index (κ1) is 12.3. The fourth-order valence-corrected chi connectivity index (χ4v) is 1.31. The maximum absolute atomic E-state index is 10.4. The van der Waals surface area contributed by atoms with Crippen LogP contribution < -0.4 is 10.1 Å². The Labute approximate surface area is 92.9 Å². The quantitative estimate of drug-likeness (QED) is 0.670. The first-order valence-electron chi connectivity index (χ1n) is 4.75. The largest absolute Gasteiger partial charge is 0.481 e. The lowest BCUT2D eigenvalue weighted by Crippen LogP contribution is -2.38. The molecular weight excluding hydrogens is 212 g/mol. The molecule has 88 valence electrons. The number of amides is 1. The monoisotopic (exact) mass is 226 g/mol. The van der Waals surface area contributed by atoms with Crippen molar-refractivity contribution in [3.8, 4) is 5.88 Å². The number of rotatable bonds is 5. The Hall–Kier alpha value is -1.82. The number of ether oxygens (including phenoxy) is 1. The molecule has 0 aromatic carbocycles. The SMILES string of the molecule is COc1cc(C[C@@H](CO)NC(=O)O)ccn1. The molecule has 6 heteroatoms. The van der Waals surface area contributed by atoms with E-state index in [4.69, 9.17) is 14.9 Å². The maximum Gasteiger partial charge on any atom is 0.404 e. The topological polar surface area (TPSA) is 91.7 Å². The summed E-state index contributed by atoms with van der Waals surface area (Å²) in [5, 5.41) is 19.7. The van der Waals surface area contributed by atoms with Crippen molar-refractivity contribution in [2.75, 3.05) is 13.7 Å². The van der Waals surface area contributed by atoms with Crippen LogP contribution in [0.4, 0.5) is 4.79 Å². The van der Waals surface area contributed by atoms with Crippen molar-refractivity contribution in [1.29, 1.82) is 0 Å². The molecule has 1 amide bonds. The molecule has 0 bridgehead atoms. The number of nitrogens with one attached hydrogen (secondary N) is 1. The number of aliphatic hydroxyl groups is 1. The Morgan fingerprint density at radius 3 is 3.00 bits per heavy atom. The van der Waals surface area contributed by atoms with Crippen molar-refractivity contribution in [2.24, 2.45) is 0 Å². The number of carboxylic acid groups (broad SMARTS) is 1. The van der Waals surface area contributed by atoms with Crippen LogP contribution in [0, 0.1) is 0 Å². The highest BCUT2D eigenvalue weighted by atomic mass is 16.5. The summed E-state index contributed by atoms with van der Waals surface area (Å²) in [4.78, 5) is 14.4. The summed E-state index contributed by atoms with van der Waals surface area (Å²) in [5.74, 6) is 0.463. The molecule has 0 saturated carbocycles. The van der Waals surface area contributed by atoms with Gasteiger partial charge in [-0.3, -0.25) is 0 Å². The zero-order valence-electron chi connectivity index (χ0n) is 8.88. The average Bonchev–Trinajstić information content (AvgIpc) is 2.28. The van der Waals surface area contributed by atoms with Gasteiger partial charge in [0.15, 0.2) is 0 Å². The minimum absolute atomic E-state index is 0.253. The van der Waals surface area contributed by atoms with E-state index >= 15 is 0 Å². The summed E-state index contributed by atoms with van der Waals surface area (Å²) in [7, 11) is 1.51. The lowest BCUT2D eigenvalue weighted by molar-refractivity contribution is 0.177. The summed E-state index contributed by atoms with van der Waals surface area (Å²) in [6.45, 7) is -0.253. The summed E-state index contributed by atoms with van der Waals surface area (Å²) >= 11 is 0. The molecule has 6 nitrogen and oxygen atoms in total. The van der Waals surface area contributed by atoms with E-state index < -0.39 is 12.1 Å². The van der Waals surface area contributed by atoms with E-state index in [1.807, 2.05) is 0 Å².